The van der Waals surface area contributed by atoms with E-state index in [0.29, 0.717) is 18.2 Å². The Bertz CT molecular complexity index is 478. The van der Waals surface area contributed by atoms with Gasteiger partial charge in [-0.25, -0.2) is 4.39 Å². The first-order valence-corrected chi connectivity index (χ1v) is 7.15. The summed E-state index contributed by atoms with van der Waals surface area (Å²) < 4.78 is 13.5. The van der Waals surface area contributed by atoms with Gasteiger partial charge in [-0.1, -0.05) is 0 Å². The van der Waals surface area contributed by atoms with Crippen LogP contribution in [0.5, 0.6) is 0 Å². The molecule has 0 aromatic heterocycles. The molecule has 1 aromatic carbocycles. The van der Waals surface area contributed by atoms with E-state index >= 15 is 0 Å². The number of benzene rings is 1. The second-order valence-corrected chi connectivity index (χ2v) is 5.42. The van der Waals surface area contributed by atoms with Crippen LogP contribution in [0.1, 0.15) is 32.6 Å². The van der Waals surface area contributed by atoms with Gasteiger partial charge in [0.15, 0.2) is 0 Å². The van der Waals surface area contributed by atoms with Gasteiger partial charge >= 0.3 is 0 Å². The molecule has 1 saturated heterocycles. The molecular formula is C15H22FN3O. The summed E-state index contributed by atoms with van der Waals surface area (Å²) in [7, 11) is 0. The molecule has 4 nitrogen and oxygen atoms in total. The number of carbonyl (C=O) groups is 1. The molecule has 0 bridgehead atoms. The van der Waals surface area contributed by atoms with Crippen LogP contribution in [-0.4, -0.2) is 29.9 Å². The van der Waals surface area contributed by atoms with E-state index in [-0.39, 0.29) is 11.6 Å². The van der Waals surface area contributed by atoms with Crippen molar-refractivity contribution in [2.24, 2.45) is 0 Å². The molecule has 1 amide bonds. The summed E-state index contributed by atoms with van der Waals surface area (Å²) in [5.74, 6) is -0.623. The van der Waals surface area contributed by atoms with Crippen LogP contribution < -0.4 is 11.1 Å². The fraction of sp³-hybridized carbons (Fsp3) is 0.533. The number of carbonyl (C=O) groups excluding carboxylic acids is 1. The van der Waals surface area contributed by atoms with Gasteiger partial charge in [0.1, 0.15) is 5.82 Å². The lowest BCUT2D eigenvalue weighted by Gasteiger charge is -2.20. The molecule has 0 spiro atoms. The van der Waals surface area contributed by atoms with Crippen LogP contribution in [0.25, 0.3) is 0 Å². The molecule has 5 heteroatoms. The minimum absolute atomic E-state index is 0.157. The Morgan fingerprint density at radius 3 is 3.05 bits per heavy atom. The highest BCUT2D eigenvalue weighted by molar-refractivity contribution is 5.91. The molecule has 1 unspecified atom stereocenters. The Labute approximate surface area is 119 Å². The number of likely N-dealkylation sites (tertiary alicyclic amines) is 1. The molecule has 20 heavy (non-hydrogen) atoms. The number of nitrogens with two attached hydrogens (primary N) is 1. The molecule has 2 rings (SSSR count). The van der Waals surface area contributed by atoms with Crippen molar-refractivity contribution < 1.29 is 9.18 Å². The molecule has 1 fully saturated rings. The smallest absolute Gasteiger partial charge is 0.224 e. The average Bonchev–Trinajstić information content (AvgIpc) is 2.80. The van der Waals surface area contributed by atoms with Crippen molar-refractivity contribution in [3.63, 3.8) is 0 Å². The highest BCUT2D eigenvalue weighted by atomic mass is 19.1. The molecular weight excluding hydrogens is 257 g/mol. The highest BCUT2D eigenvalue weighted by Crippen LogP contribution is 2.19. The van der Waals surface area contributed by atoms with E-state index in [0.717, 1.165) is 19.5 Å². The topological polar surface area (TPSA) is 58.4 Å². The van der Waals surface area contributed by atoms with Crippen molar-refractivity contribution in [1.82, 2.24) is 4.90 Å². The van der Waals surface area contributed by atoms with Crippen molar-refractivity contribution in [1.29, 1.82) is 0 Å². The molecule has 1 aromatic rings. The SMILES string of the molecule is CC1CCCN1CCCC(=O)Nc1cc(N)ccc1F. The first kappa shape index (κ1) is 14.8. The Hall–Kier alpha value is -1.62. The maximum absolute atomic E-state index is 13.5. The lowest BCUT2D eigenvalue weighted by Crippen LogP contribution is -2.28. The summed E-state index contributed by atoms with van der Waals surface area (Å²) in [4.78, 5) is 14.2. The molecule has 1 aliphatic rings. The lowest BCUT2D eigenvalue weighted by molar-refractivity contribution is -0.116. The quantitative estimate of drug-likeness (QED) is 0.815. The largest absolute Gasteiger partial charge is 0.399 e. The van der Waals surface area contributed by atoms with Gasteiger partial charge in [-0.05, 0) is 57.5 Å². The van der Waals surface area contributed by atoms with Gasteiger partial charge in [0.05, 0.1) is 5.69 Å². The summed E-state index contributed by atoms with van der Waals surface area (Å²) in [6.07, 6.45) is 3.67. The Kier molecular flexibility index (Phi) is 4.95. The van der Waals surface area contributed by atoms with Crippen molar-refractivity contribution in [3.05, 3.63) is 24.0 Å². The van der Waals surface area contributed by atoms with Crippen LogP contribution in [0.4, 0.5) is 15.8 Å². The minimum Gasteiger partial charge on any atom is -0.399 e. The fourth-order valence-electron chi connectivity index (χ4n) is 2.62. The molecule has 110 valence electrons. The van der Waals surface area contributed by atoms with Gasteiger partial charge in [0.25, 0.3) is 0 Å². The third-order valence-electron chi connectivity index (χ3n) is 3.80. The van der Waals surface area contributed by atoms with Crippen molar-refractivity contribution in [2.75, 3.05) is 24.1 Å². The van der Waals surface area contributed by atoms with Crippen molar-refractivity contribution in [3.8, 4) is 0 Å². The van der Waals surface area contributed by atoms with E-state index in [1.54, 1.807) is 0 Å². The van der Waals surface area contributed by atoms with E-state index < -0.39 is 5.82 Å². The summed E-state index contributed by atoms with van der Waals surface area (Å²) in [5, 5.41) is 2.58. The van der Waals surface area contributed by atoms with Crippen LogP contribution in [0.15, 0.2) is 18.2 Å². The van der Waals surface area contributed by atoms with E-state index in [9.17, 15) is 9.18 Å². The molecule has 1 heterocycles. The first-order chi connectivity index (χ1) is 9.56. The van der Waals surface area contributed by atoms with Gasteiger partial charge in [-0.3, -0.25) is 4.79 Å². The average molecular weight is 279 g/mol. The minimum atomic E-state index is -0.458. The number of rotatable bonds is 5. The molecule has 0 radical (unpaired) electrons. The number of nitrogens with zero attached hydrogens (tertiary/aromatic N) is 1. The highest BCUT2D eigenvalue weighted by Gasteiger charge is 2.19. The van der Waals surface area contributed by atoms with E-state index in [2.05, 4.69) is 17.1 Å². The monoisotopic (exact) mass is 279 g/mol. The summed E-state index contributed by atoms with van der Waals surface area (Å²) in [6, 6.07) is 4.79. The van der Waals surface area contributed by atoms with Crippen LogP contribution in [0.2, 0.25) is 0 Å². The maximum atomic E-state index is 13.5. The number of halogens is 1. The molecule has 0 saturated carbocycles. The molecule has 1 aliphatic heterocycles. The molecule has 0 aliphatic carbocycles. The Morgan fingerprint density at radius 1 is 1.55 bits per heavy atom. The zero-order valence-corrected chi connectivity index (χ0v) is 11.9. The number of nitrogen functional groups attached to an aromatic ring is 1. The maximum Gasteiger partial charge on any atom is 0.224 e. The van der Waals surface area contributed by atoms with E-state index in [1.807, 2.05) is 0 Å². The van der Waals surface area contributed by atoms with Gasteiger partial charge in [0.2, 0.25) is 5.91 Å². The van der Waals surface area contributed by atoms with Crippen LogP contribution in [-0.2, 0) is 4.79 Å². The van der Waals surface area contributed by atoms with Crippen LogP contribution in [0, 0.1) is 5.82 Å². The third kappa shape index (κ3) is 3.93. The van der Waals surface area contributed by atoms with Crippen molar-refractivity contribution in [2.45, 2.75) is 38.6 Å². The first-order valence-electron chi connectivity index (χ1n) is 7.15. The van der Waals surface area contributed by atoms with Gasteiger partial charge in [-0.2, -0.15) is 0 Å². The van der Waals surface area contributed by atoms with Crippen LogP contribution >= 0.6 is 0 Å². The number of nitrogens with one attached hydrogen (secondary N) is 1. The van der Waals surface area contributed by atoms with Gasteiger partial charge < -0.3 is 16.0 Å². The second-order valence-electron chi connectivity index (χ2n) is 5.42. The summed E-state index contributed by atoms with van der Waals surface area (Å²) in [5.41, 5.74) is 6.17. The van der Waals surface area contributed by atoms with E-state index in [1.165, 1.54) is 31.0 Å². The van der Waals surface area contributed by atoms with Crippen LogP contribution in [0.3, 0.4) is 0 Å². The standard InChI is InChI=1S/C15H22FN3O/c1-11-4-2-8-19(11)9-3-5-15(20)18-14-10-12(17)6-7-13(14)16/h6-7,10-11H,2-5,8-9,17H2,1H3,(H,18,20). The van der Waals surface area contributed by atoms with E-state index in [4.69, 9.17) is 5.73 Å². The third-order valence-corrected chi connectivity index (χ3v) is 3.80. The number of hydrogen-bond acceptors (Lipinski definition) is 3. The second kappa shape index (κ2) is 6.70. The molecule has 3 N–H and O–H groups in total. The molecule has 1 atom stereocenters. The zero-order chi connectivity index (χ0) is 14.5. The predicted molar refractivity (Wildman–Crippen MR) is 78.9 cm³/mol. The lowest BCUT2D eigenvalue weighted by atomic mass is 10.2. The number of anilines is 2. The Morgan fingerprint density at radius 2 is 2.35 bits per heavy atom. The summed E-state index contributed by atoms with van der Waals surface area (Å²) in [6.45, 7) is 4.26. The number of hydrogen-bond donors (Lipinski definition) is 2. The van der Waals surface area contributed by atoms with Gasteiger partial charge in [-0.15, -0.1) is 0 Å². The zero-order valence-electron chi connectivity index (χ0n) is 11.9. The number of amides is 1. The Balaban J connectivity index is 1.76. The predicted octanol–water partition coefficient (Wildman–Crippen LogP) is 2.61. The normalized spacial score (nSPS) is 19.2. The fourth-order valence-corrected chi connectivity index (χ4v) is 2.62. The van der Waals surface area contributed by atoms with Gasteiger partial charge in [0, 0.05) is 18.2 Å². The summed E-state index contributed by atoms with van der Waals surface area (Å²) >= 11 is 0. The van der Waals surface area contributed by atoms with Crippen molar-refractivity contribution >= 4 is 17.3 Å².